The lowest BCUT2D eigenvalue weighted by atomic mass is 10.2. The number of hydrogen-bond donors (Lipinski definition) is 1. The number of thioether (sulfide) groups is 1. The Balaban J connectivity index is 1.81. The first kappa shape index (κ1) is 18.4. The molecular formula is C16H13FN2O5S. The highest BCUT2D eigenvalue weighted by atomic mass is 32.2. The summed E-state index contributed by atoms with van der Waals surface area (Å²) in [7, 11) is 0. The van der Waals surface area contributed by atoms with Gasteiger partial charge in [0.05, 0.1) is 10.7 Å². The number of ether oxygens (including phenoxy) is 1. The van der Waals surface area contributed by atoms with E-state index in [1.165, 1.54) is 42.5 Å². The van der Waals surface area contributed by atoms with Gasteiger partial charge in [-0.1, -0.05) is 24.3 Å². The third-order valence-electron chi connectivity index (χ3n) is 2.92. The van der Waals surface area contributed by atoms with Crippen LogP contribution in [0.2, 0.25) is 0 Å². The van der Waals surface area contributed by atoms with Crippen molar-refractivity contribution in [3.8, 4) is 0 Å². The predicted molar refractivity (Wildman–Crippen MR) is 89.8 cm³/mol. The number of esters is 1. The van der Waals surface area contributed by atoms with Crippen LogP contribution in [-0.4, -0.2) is 29.2 Å². The summed E-state index contributed by atoms with van der Waals surface area (Å²) in [5.41, 5.74) is -0.258. The highest BCUT2D eigenvalue weighted by Crippen LogP contribution is 2.23. The number of anilines is 1. The average Bonchev–Trinajstić information content (AvgIpc) is 2.59. The van der Waals surface area contributed by atoms with Gasteiger partial charge in [-0.15, -0.1) is 11.8 Å². The van der Waals surface area contributed by atoms with Crippen LogP contribution in [-0.2, 0) is 14.3 Å². The molecule has 0 unspecified atom stereocenters. The molecular weight excluding hydrogens is 351 g/mol. The largest absolute Gasteiger partial charge is 0.455 e. The van der Waals surface area contributed by atoms with Gasteiger partial charge in [0.2, 0.25) is 0 Å². The third kappa shape index (κ3) is 5.57. The number of para-hydroxylation sites is 2. The molecule has 0 radical (unpaired) electrons. The number of halogens is 1. The number of amides is 1. The number of hydrogen-bond acceptors (Lipinski definition) is 6. The Morgan fingerprint density at radius 1 is 1.16 bits per heavy atom. The Bertz CT molecular complexity index is 800. The molecule has 0 saturated heterocycles. The third-order valence-corrected chi connectivity index (χ3v) is 3.94. The molecule has 2 aromatic carbocycles. The van der Waals surface area contributed by atoms with Crippen LogP contribution in [0.25, 0.3) is 0 Å². The lowest BCUT2D eigenvalue weighted by Crippen LogP contribution is -2.22. The van der Waals surface area contributed by atoms with Gasteiger partial charge in [-0.2, -0.15) is 0 Å². The van der Waals surface area contributed by atoms with Gasteiger partial charge in [0.15, 0.2) is 6.61 Å². The fourth-order valence-corrected chi connectivity index (χ4v) is 2.55. The molecule has 0 fully saturated rings. The molecule has 0 atom stereocenters. The molecule has 0 heterocycles. The van der Waals surface area contributed by atoms with Crippen molar-refractivity contribution in [3.63, 3.8) is 0 Å². The maximum Gasteiger partial charge on any atom is 0.316 e. The van der Waals surface area contributed by atoms with Crippen molar-refractivity contribution < 1.29 is 23.6 Å². The van der Waals surface area contributed by atoms with Crippen LogP contribution < -0.4 is 5.32 Å². The second kappa shape index (κ2) is 8.78. The van der Waals surface area contributed by atoms with Crippen LogP contribution in [0.1, 0.15) is 0 Å². The van der Waals surface area contributed by atoms with Crippen LogP contribution in [0.4, 0.5) is 15.8 Å². The Morgan fingerprint density at radius 3 is 2.56 bits per heavy atom. The lowest BCUT2D eigenvalue weighted by Gasteiger charge is -2.07. The van der Waals surface area contributed by atoms with E-state index in [2.05, 4.69) is 5.32 Å². The Morgan fingerprint density at radius 2 is 1.84 bits per heavy atom. The minimum atomic E-state index is -0.710. The highest BCUT2D eigenvalue weighted by molar-refractivity contribution is 8.00. The van der Waals surface area contributed by atoms with Gasteiger partial charge in [-0.05, 0) is 18.2 Å². The number of nitro benzene ring substituents is 1. The molecule has 2 aromatic rings. The second-order valence-corrected chi connectivity index (χ2v) is 5.72. The number of nitrogens with zero attached hydrogens (tertiary/aromatic N) is 1. The smallest absolute Gasteiger partial charge is 0.316 e. The van der Waals surface area contributed by atoms with Crippen molar-refractivity contribution in [3.05, 3.63) is 64.5 Å². The van der Waals surface area contributed by atoms with E-state index >= 15 is 0 Å². The van der Waals surface area contributed by atoms with Crippen molar-refractivity contribution in [2.24, 2.45) is 0 Å². The van der Waals surface area contributed by atoms with Crippen LogP contribution in [0, 0.1) is 15.9 Å². The molecule has 0 bridgehead atoms. The fraction of sp³-hybridized carbons (Fsp3) is 0.125. The Kier molecular flexibility index (Phi) is 6.47. The van der Waals surface area contributed by atoms with E-state index in [-0.39, 0.29) is 17.1 Å². The van der Waals surface area contributed by atoms with E-state index in [4.69, 9.17) is 4.74 Å². The highest BCUT2D eigenvalue weighted by Gasteiger charge is 2.16. The zero-order valence-corrected chi connectivity index (χ0v) is 13.6. The molecule has 7 nitrogen and oxygen atoms in total. The average molecular weight is 364 g/mol. The zero-order chi connectivity index (χ0) is 18.2. The van der Waals surface area contributed by atoms with Gasteiger partial charge < -0.3 is 10.1 Å². The molecule has 1 N–H and O–H groups in total. The lowest BCUT2D eigenvalue weighted by molar-refractivity contribution is -0.383. The van der Waals surface area contributed by atoms with Gasteiger partial charge in [-0.3, -0.25) is 19.7 Å². The summed E-state index contributed by atoms with van der Waals surface area (Å²) in [6, 6.07) is 11.6. The minimum absolute atomic E-state index is 0.00859. The first-order chi connectivity index (χ1) is 12.0. The summed E-state index contributed by atoms with van der Waals surface area (Å²) in [5, 5.41) is 13.2. The van der Waals surface area contributed by atoms with Crippen LogP contribution in [0.15, 0.2) is 53.4 Å². The van der Waals surface area contributed by atoms with Gasteiger partial charge in [0.1, 0.15) is 11.5 Å². The maximum atomic E-state index is 13.4. The zero-order valence-electron chi connectivity index (χ0n) is 12.8. The summed E-state index contributed by atoms with van der Waals surface area (Å²) in [4.78, 5) is 33.9. The normalized spacial score (nSPS) is 10.1. The molecule has 9 heteroatoms. The number of nitro groups is 1. The summed E-state index contributed by atoms with van der Waals surface area (Å²) in [6.45, 7) is -0.595. The van der Waals surface area contributed by atoms with E-state index in [0.717, 1.165) is 11.8 Å². The number of nitrogens with one attached hydrogen (secondary N) is 1. The Labute approximate surface area is 146 Å². The Hall–Kier alpha value is -2.94. The van der Waals surface area contributed by atoms with Gasteiger partial charge in [0.25, 0.3) is 11.6 Å². The molecule has 2 rings (SSSR count). The quantitative estimate of drug-likeness (QED) is 0.351. The van der Waals surface area contributed by atoms with Gasteiger partial charge in [0, 0.05) is 11.0 Å². The minimum Gasteiger partial charge on any atom is -0.455 e. The van der Waals surface area contributed by atoms with E-state index in [9.17, 15) is 24.1 Å². The van der Waals surface area contributed by atoms with E-state index < -0.39 is 29.2 Å². The van der Waals surface area contributed by atoms with Gasteiger partial charge >= 0.3 is 5.97 Å². The topological polar surface area (TPSA) is 98.5 Å². The fourth-order valence-electron chi connectivity index (χ4n) is 1.81. The van der Waals surface area contributed by atoms with Crippen molar-refractivity contribution >= 4 is 35.0 Å². The molecule has 0 aliphatic heterocycles. The molecule has 1 amide bonds. The van der Waals surface area contributed by atoms with Crippen LogP contribution >= 0.6 is 11.8 Å². The second-order valence-electron chi connectivity index (χ2n) is 4.70. The molecule has 0 aliphatic carbocycles. The first-order valence-corrected chi connectivity index (χ1v) is 8.02. The van der Waals surface area contributed by atoms with E-state index in [0.29, 0.717) is 4.90 Å². The SMILES string of the molecule is O=C(COC(=O)CSc1ccccc1F)Nc1ccccc1[N+](=O)[O-]. The molecule has 0 saturated carbocycles. The molecule has 25 heavy (non-hydrogen) atoms. The standard InChI is InChI=1S/C16H13FN2O5S/c17-11-5-1-4-8-14(11)25-10-16(21)24-9-15(20)18-12-6-2-3-7-13(12)19(22)23/h1-8H,9-10H2,(H,18,20). The number of benzene rings is 2. The molecule has 0 spiro atoms. The summed E-state index contributed by atoms with van der Waals surface area (Å²) < 4.78 is 18.2. The maximum absolute atomic E-state index is 13.4. The van der Waals surface area contributed by atoms with Crippen molar-refractivity contribution in [1.82, 2.24) is 0 Å². The monoisotopic (exact) mass is 364 g/mol. The number of carbonyl (C=O) groups is 2. The van der Waals surface area contributed by atoms with E-state index in [1.807, 2.05) is 0 Å². The summed E-state index contributed by atoms with van der Waals surface area (Å²) in [6.07, 6.45) is 0. The van der Waals surface area contributed by atoms with Crippen molar-refractivity contribution in [2.75, 3.05) is 17.7 Å². The van der Waals surface area contributed by atoms with Crippen LogP contribution in [0.5, 0.6) is 0 Å². The van der Waals surface area contributed by atoms with E-state index in [1.54, 1.807) is 6.07 Å². The van der Waals surface area contributed by atoms with Crippen LogP contribution in [0.3, 0.4) is 0 Å². The predicted octanol–water partition coefficient (Wildman–Crippen LogP) is 3.01. The number of carbonyl (C=O) groups excluding carboxylic acids is 2. The number of rotatable bonds is 7. The van der Waals surface area contributed by atoms with Crippen molar-refractivity contribution in [1.29, 1.82) is 0 Å². The first-order valence-electron chi connectivity index (χ1n) is 7.03. The van der Waals surface area contributed by atoms with Gasteiger partial charge in [-0.25, -0.2) is 4.39 Å². The summed E-state index contributed by atoms with van der Waals surface area (Å²) >= 11 is 0.947. The van der Waals surface area contributed by atoms with Crippen molar-refractivity contribution in [2.45, 2.75) is 4.90 Å². The summed E-state index contributed by atoms with van der Waals surface area (Å²) in [5.74, 6) is -2.03. The molecule has 0 aromatic heterocycles. The molecule has 130 valence electrons. The molecule has 0 aliphatic rings.